The second-order valence-corrected chi connectivity index (χ2v) is 4.51. The van der Waals surface area contributed by atoms with E-state index in [1.54, 1.807) is 7.11 Å². The maximum absolute atomic E-state index is 6.13. The third kappa shape index (κ3) is 2.81. The Morgan fingerprint density at radius 2 is 1.95 bits per heavy atom. The van der Waals surface area contributed by atoms with Crippen molar-refractivity contribution in [1.82, 2.24) is 0 Å². The molecule has 2 aromatic rings. The fraction of sp³-hybridized carbons (Fsp3) is 0.250. The molecule has 0 amide bonds. The zero-order valence-electron chi connectivity index (χ0n) is 11.7. The first-order valence-electron chi connectivity index (χ1n) is 6.43. The zero-order chi connectivity index (χ0) is 13.8. The van der Waals surface area contributed by atoms with Gasteiger partial charge in [0.1, 0.15) is 5.75 Å². The highest BCUT2D eigenvalue weighted by Gasteiger charge is 2.11. The summed E-state index contributed by atoms with van der Waals surface area (Å²) < 4.78 is 5.19. The Labute approximate surface area is 114 Å². The number of methoxy groups -OCH3 is 1. The van der Waals surface area contributed by atoms with Crippen molar-refractivity contribution >= 4 is 17.1 Å². The van der Waals surface area contributed by atoms with Gasteiger partial charge < -0.3 is 15.4 Å². The van der Waals surface area contributed by atoms with Crippen molar-refractivity contribution in [3.8, 4) is 5.75 Å². The van der Waals surface area contributed by atoms with Crippen molar-refractivity contribution in [3.05, 3.63) is 48.0 Å². The van der Waals surface area contributed by atoms with Gasteiger partial charge in [-0.25, -0.2) is 0 Å². The lowest BCUT2D eigenvalue weighted by Gasteiger charge is -2.25. The van der Waals surface area contributed by atoms with Crippen LogP contribution in [0, 0.1) is 6.92 Å². The predicted molar refractivity (Wildman–Crippen MR) is 81.3 cm³/mol. The molecule has 0 radical (unpaired) electrons. The lowest BCUT2D eigenvalue weighted by Crippen LogP contribution is -2.17. The zero-order valence-corrected chi connectivity index (χ0v) is 11.7. The molecule has 0 saturated heterocycles. The van der Waals surface area contributed by atoms with Crippen LogP contribution in [0.5, 0.6) is 5.75 Å². The summed E-state index contributed by atoms with van der Waals surface area (Å²) >= 11 is 0. The van der Waals surface area contributed by atoms with Gasteiger partial charge in [-0.2, -0.15) is 0 Å². The molecule has 0 unspecified atom stereocenters. The molecule has 0 atom stereocenters. The van der Waals surface area contributed by atoms with Gasteiger partial charge in [-0.1, -0.05) is 12.1 Å². The van der Waals surface area contributed by atoms with Gasteiger partial charge in [0.05, 0.1) is 18.5 Å². The van der Waals surface area contributed by atoms with Crippen LogP contribution in [0.1, 0.15) is 12.5 Å². The molecule has 19 heavy (non-hydrogen) atoms. The topological polar surface area (TPSA) is 38.5 Å². The Bertz CT molecular complexity index is 566. The standard InChI is InChI=1S/C16H20N2O/c1-4-18(13-7-5-6-12(2)10-13)16-9-8-14(19-3)11-15(16)17/h5-11H,4,17H2,1-3H3. The van der Waals surface area contributed by atoms with E-state index < -0.39 is 0 Å². The summed E-state index contributed by atoms with van der Waals surface area (Å²) in [6.45, 7) is 5.07. The summed E-state index contributed by atoms with van der Waals surface area (Å²) in [5.74, 6) is 0.779. The Balaban J connectivity index is 2.42. The Morgan fingerprint density at radius 3 is 2.53 bits per heavy atom. The van der Waals surface area contributed by atoms with Crippen LogP contribution < -0.4 is 15.4 Å². The third-order valence-electron chi connectivity index (χ3n) is 3.16. The van der Waals surface area contributed by atoms with Crippen molar-refractivity contribution in [2.45, 2.75) is 13.8 Å². The van der Waals surface area contributed by atoms with Crippen molar-refractivity contribution < 1.29 is 4.74 Å². The molecular formula is C16H20N2O. The van der Waals surface area contributed by atoms with Gasteiger partial charge in [0.2, 0.25) is 0 Å². The minimum atomic E-state index is 0.725. The highest BCUT2D eigenvalue weighted by Crippen LogP contribution is 2.32. The third-order valence-corrected chi connectivity index (χ3v) is 3.16. The van der Waals surface area contributed by atoms with E-state index in [1.165, 1.54) is 5.56 Å². The average molecular weight is 256 g/mol. The van der Waals surface area contributed by atoms with Crippen LogP contribution in [0.15, 0.2) is 42.5 Å². The second kappa shape index (κ2) is 5.65. The van der Waals surface area contributed by atoms with E-state index in [4.69, 9.17) is 10.5 Å². The number of nitrogen functional groups attached to an aromatic ring is 1. The monoisotopic (exact) mass is 256 g/mol. The van der Waals surface area contributed by atoms with Crippen molar-refractivity contribution in [1.29, 1.82) is 0 Å². The van der Waals surface area contributed by atoms with Crippen molar-refractivity contribution in [2.75, 3.05) is 24.3 Å². The molecule has 0 saturated carbocycles. The summed E-state index contributed by atoms with van der Waals surface area (Å²) in [6, 6.07) is 14.2. The van der Waals surface area contributed by atoms with Crippen molar-refractivity contribution in [2.24, 2.45) is 0 Å². The van der Waals surface area contributed by atoms with Gasteiger partial charge in [-0.3, -0.25) is 0 Å². The number of anilines is 3. The molecule has 3 nitrogen and oxygen atoms in total. The number of nitrogens with two attached hydrogens (primary N) is 1. The number of rotatable bonds is 4. The van der Waals surface area contributed by atoms with Gasteiger partial charge in [-0.05, 0) is 43.7 Å². The van der Waals surface area contributed by atoms with Gasteiger partial charge in [-0.15, -0.1) is 0 Å². The molecule has 0 aliphatic rings. The second-order valence-electron chi connectivity index (χ2n) is 4.51. The fourth-order valence-electron chi connectivity index (χ4n) is 2.19. The number of hydrogen-bond donors (Lipinski definition) is 1. The molecule has 0 aliphatic carbocycles. The minimum Gasteiger partial charge on any atom is -0.497 e. The van der Waals surface area contributed by atoms with Crippen molar-refractivity contribution in [3.63, 3.8) is 0 Å². The minimum absolute atomic E-state index is 0.725. The normalized spacial score (nSPS) is 10.3. The molecule has 2 aromatic carbocycles. The molecule has 2 N–H and O–H groups in total. The Morgan fingerprint density at radius 1 is 1.16 bits per heavy atom. The van der Waals surface area contributed by atoms with E-state index in [0.29, 0.717) is 0 Å². The maximum Gasteiger partial charge on any atom is 0.121 e. The molecule has 0 aromatic heterocycles. The molecule has 100 valence electrons. The van der Waals surface area contributed by atoms with Gasteiger partial charge in [0.15, 0.2) is 0 Å². The van der Waals surface area contributed by atoms with E-state index in [1.807, 2.05) is 18.2 Å². The summed E-state index contributed by atoms with van der Waals surface area (Å²) in [6.07, 6.45) is 0. The largest absolute Gasteiger partial charge is 0.497 e. The van der Waals surface area contributed by atoms with Crippen LogP contribution >= 0.6 is 0 Å². The quantitative estimate of drug-likeness (QED) is 0.847. The van der Waals surface area contributed by atoms with Crippen LogP contribution in [0.3, 0.4) is 0 Å². The molecule has 0 aliphatic heterocycles. The van der Waals surface area contributed by atoms with Gasteiger partial charge in [0.25, 0.3) is 0 Å². The molecule has 3 heteroatoms. The summed E-state index contributed by atoms with van der Waals surface area (Å²) in [5, 5.41) is 0. The fourth-order valence-corrected chi connectivity index (χ4v) is 2.19. The molecule has 0 heterocycles. The number of aryl methyl sites for hydroxylation is 1. The first kappa shape index (κ1) is 13.3. The van der Waals surface area contributed by atoms with E-state index >= 15 is 0 Å². The van der Waals surface area contributed by atoms with Crippen LogP contribution in [0.25, 0.3) is 0 Å². The SMILES string of the molecule is CCN(c1cccc(C)c1)c1ccc(OC)cc1N. The van der Waals surface area contributed by atoms with E-state index in [2.05, 4.69) is 43.0 Å². The van der Waals surface area contributed by atoms with Crippen LogP contribution in [0.2, 0.25) is 0 Å². The first-order chi connectivity index (χ1) is 9.15. The van der Waals surface area contributed by atoms with Gasteiger partial charge >= 0.3 is 0 Å². The average Bonchev–Trinajstić information content (AvgIpc) is 2.41. The number of nitrogens with zero attached hydrogens (tertiary/aromatic N) is 1. The molecule has 0 fully saturated rings. The maximum atomic E-state index is 6.13. The molecule has 2 rings (SSSR count). The molecule has 0 bridgehead atoms. The van der Waals surface area contributed by atoms with Crippen LogP contribution in [-0.2, 0) is 0 Å². The Kier molecular flexibility index (Phi) is 3.95. The molecule has 0 spiro atoms. The Hall–Kier alpha value is -2.16. The lowest BCUT2D eigenvalue weighted by molar-refractivity contribution is 0.415. The summed E-state index contributed by atoms with van der Waals surface area (Å²) in [4.78, 5) is 2.20. The van der Waals surface area contributed by atoms with Crippen LogP contribution in [0.4, 0.5) is 17.1 Å². The summed E-state index contributed by atoms with van der Waals surface area (Å²) in [5.41, 5.74) is 10.3. The first-order valence-corrected chi connectivity index (χ1v) is 6.43. The number of benzene rings is 2. The van der Waals surface area contributed by atoms with E-state index in [0.717, 1.165) is 29.4 Å². The predicted octanol–water partition coefficient (Wildman–Crippen LogP) is 3.74. The lowest BCUT2D eigenvalue weighted by atomic mass is 10.1. The van der Waals surface area contributed by atoms with Crippen LogP contribution in [-0.4, -0.2) is 13.7 Å². The van der Waals surface area contributed by atoms with Gasteiger partial charge in [0, 0.05) is 18.3 Å². The number of hydrogen-bond acceptors (Lipinski definition) is 3. The number of ether oxygens (including phenoxy) is 1. The highest BCUT2D eigenvalue weighted by molar-refractivity contribution is 5.76. The van der Waals surface area contributed by atoms with E-state index in [9.17, 15) is 0 Å². The van der Waals surface area contributed by atoms with E-state index in [-0.39, 0.29) is 0 Å². The summed E-state index contributed by atoms with van der Waals surface area (Å²) in [7, 11) is 1.65. The smallest absolute Gasteiger partial charge is 0.121 e. The molecular weight excluding hydrogens is 236 g/mol. The highest BCUT2D eigenvalue weighted by atomic mass is 16.5.